The quantitative estimate of drug-likeness (QED) is 0.174. The van der Waals surface area contributed by atoms with E-state index in [1.807, 2.05) is 61.5 Å². The standard InChI is InChI=1S/C31H29NO2/c1-32(2)23-22-29(33)34-28-20-18-27(19-21-28)31(26-16-10-5-11-17-26)30(24-12-6-3-7-13-24)25-14-8-4-9-15-25/h3-21H,22-23H2,1-2H3. The third kappa shape index (κ3) is 5.89. The lowest BCUT2D eigenvalue weighted by Crippen LogP contribution is -2.19. The molecule has 0 bridgehead atoms. The Kier molecular flexibility index (Phi) is 7.69. The highest BCUT2D eigenvalue weighted by Crippen LogP contribution is 2.37. The van der Waals surface area contributed by atoms with Crippen LogP contribution >= 0.6 is 0 Å². The van der Waals surface area contributed by atoms with Crippen molar-refractivity contribution in [1.82, 2.24) is 4.90 Å². The molecule has 0 heterocycles. The summed E-state index contributed by atoms with van der Waals surface area (Å²) in [4.78, 5) is 14.1. The number of rotatable bonds is 8. The fourth-order valence-corrected chi connectivity index (χ4v) is 3.91. The Morgan fingerprint density at radius 3 is 1.35 bits per heavy atom. The van der Waals surface area contributed by atoms with Gasteiger partial charge in [0.15, 0.2) is 0 Å². The summed E-state index contributed by atoms with van der Waals surface area (Å²) in [5, 5.41) is 0. The Hall–Kier alpha value is -3.95. The molecule has 0 amide bonds. The maximum atomic E-state index is 12.2. The topological polar surface area (TPSA) is 29.5 Å². The molecule has 3 nitrogen and oxygen atoms in total. The first-order valence-electron chi connectivity index (χ1n) is 11.5. The minimum Gasteiger partial charge on any atom is -0.426 e. The Labute approximate surface area is 202 Å². The zero-order valence-corrected chi connectivity index (χ0v) is 19.6. The van der Waals surface area contributed by atoms with Gasteiger partial charge in [-0.1, -0.05) is 103 Å². The Balaban J connectivity index is 1.80. The fraction of sp³-hybridized carbons (Fsp3) is 0.129. The van der Waals surface area contributed by atoms with E-state index in [0.717, 1.165) is 33.4 Å². The van der Waals surface area contributed by atoms with E-state index in [1.165, 1.54) is 0 Å². The first-order chi connectivity index (χ1) is 16.6. The third-order valence-corrected chi connectivity index (χ3v) is 5.58. The molecule has 0 aromatic heterocycles. The van der Waals surface area contributed by atoms with Crippen LogP contribution in [-0.4, -0.2) is 31.5 Å². The predicted molar refractivity (Wildman–Crippen MR) is 140 cm³/mol. The molecule has 0 saturated carbocycles. The van der Waals surface area contributed by atoms with Gasteiger partial charge in [0.05, 0.1) is 6.42 Å². The number of nitrogens with zero attached hydrogens (tertiary/aromatic N) is 1. The maximum Gasteiger partial charge on any atom is 0.312 e. The molecule has 34 heavy (non-hydrogen) atoms. The number of carbonyl (C=O) groups excluding carboxylic acids is 1. The second kappa shape index (κ2) is 11.3. The number of carbonyl (C=O) groups is 1. The van der Waals surface area contributed by atoms with E-state index in [1.54, 1.807) is 0 Å². The first kappa shape index (κ1) is 23.2. The first-order valence-corrected chi connectivity index (χ1v) is 11.5. The van der Waals surface area contributed by atoms with E-state index in [9.17, 15) is 4.79 Å². The second-order valence-corrected chi connectivity index (χ2v) is 8.40. The van der Waals surface area contributed by atoms with Gasteiger partial charge in [0.1, 0.15) is 5.75 Å². The summed E-state index contributed by atoms with van der Waals surface area (Å²) < 4.78 is 5.55. The molecule has 0 unspecified atom stereocenters. The van der Waals surface area contributed by atoms with Crippen LogP contribution in [0.2, 0.25) is 0 Å². The van der Waals surface area contributed by atoms with E-state index < -0.39 is 0 Å². The molecule has 0 N–H and O–H groups in total. The minimum atomic E-state index is -0.227. The molecule has 0 spiro atoms. The summed E-state index contributed by atoms with van der Waals surface area (Å²) >= 11 is 0. The molecule has 4 aromatic carbocycles. The molecule has 0 aliphatic carbocycles. The summed E-state index contributed by atoms with van der Waals surface area (Å²) in [6.45, 7) is 0.662. The van der Waals surface area contributed by atoms with Crippen LogP contribution in [0.3, 0.4) is 0 Å². The highest BCUT2D eigenvalue weighted by Gasteiger charge is 2.16. The van der Waals surface area contributed by atoms with Gasteiger partial charge in [-0.05, 0) is 59.6 Å². The lowest BCUT2D eigenvalue weighted by atomic mass is 9.86. The highest BCUT2D eigenvalue weighted by atomic mass is 16.5. The summed E-state index contributed by atoms with van der Waals surface area (Å²) in [5.74, 6) is 0.329. The van der Waals surface area contributed by atoms with Gasteiger partial charge in [0, 0.05) is 6.54 Å². The zero-order chi connectivity index (χ0) is 23.8. The molecule has 0 fully saturated rings. The molecule has 0 aliphatic rings. The van der Waals surface area contributed by atoms with Crippen LogP contribution in [0.25, 0.3) is 11.1 Å². The molecule has 4 aromatic rings. The molecule has 0 aliphatic heterocycles. The van der Waals surface area contributed by atoms with E-state index in [0.29, 0.717) is 18.7 Å². The smallest absolute Gasteiger partial charge is 0.312 e. The Morgan fingerprint density at radius 1 is 0.588 bits per heavy atom. The van der Waals surface area contributed by atoms with Crippen molar-refractivity contribution in [2.45, 2.75) is 6.42 Å². The average Bonchev–Trinajstić information content (AvgIpc) is 2.88. The van der Waals surface area contributed by atoms with Crippen LogP contribution in [0.1, 0.15) is 28.7 Å². The largest absolute Gasteiger partial charge is 0.426 e. The van der Waals surface area contributed by atoms with Crippen molar-refractivity contribution >= 4 is 17.1 Å². The van der Waals surface area contributed by atoms with Gasteiger partial charge in [-0.2, -0.15) is 0 Å². The summed E-state index contributed by atoms with van der Waals surface area (Å²) in [6, 6.07) is 39.1. The molecule has 0 atom stereocenters. The summed E-state index contributed by atoms with van der Waals surface area (Å²) in [6.07, 6.45) is 0.357. The monoisotopic (exact) mass is 447 g/mol. The van der Waals surface area contributed by atoms with Crippen LogP contribution in [0.4, 0.5) is 0 Å². The predicted octanol–water partition coefficient (Wildman–Crippen LogP) is 6.55. The zero-order valence-electron chi connectivity index (χ0n) is 19.6. The fourth-order valence-electron chi connectivity index (χ4n) is 3.91. The average molecular weight is 448 g/mol. The van der Waals surface area contributed by atoms with Crippen molar-refractivity contribution in [2.75, 3.05) is 20.6 Å². The van der Waals surface area contributed by atoms with E-state index in [2.05, 4.69) is 72.8 Å². The normalized spacial score (nSPS) is 10.7. The maximum absolute atomic E-state index is 12.2. The molecule has 4 rings (SSSR count). The van der Waals surface area contributed by atoms with Crippen molar-refractivity contribution < 1.29 is 9.53 Å². The SMILES string of the molecule is CN(C)CCC(=O)Oc1ccc(C(=C(c2ccccc2)c2ccccc2)c2ccccc2)cc1. The van der Waals surface area contributed by atoms with E-state index >= 15 is 0 Å². The molecule has 0 radical (unpaired) electrons. The molecule has 3 heteroatoms. The van der Waals surface area contributed by atoms with Crippen molar-refractivity contribution in [3.63, 3.8) is 0 Å². The van der Waals surface area contributed by atoms with Gasteiger partial charge < -0.3 is 9.64 Å². The lowest BCUT2D eigenvalue weighted by Gasteiger charge is -2.18. The Morgan fingerprint density at radius 2 is 0.971 bits per heavy atom. The van der Waals surface area contributed by atoms with Crippen LogP contribution < -0.4 is 4.74 Å². The van der Waals surface area contributed by atoms with E-state index in [-0.39, 0.29) is 5.97 Å². The lowest BCUT2D eigenvalue weighted by molar-refractivity contribution is -0.134. The minimum absolute atomic E-state index is 0.227. The summed E-state index contributed by atoms with van der Waals surface area (Å²) in [7, 11) is 3.88. The number of hydrogen-bond acceptors (Lipinski definition) is 3. The number of hydrogen-bond donors (Lipinski definition) is 0. The van der Waals surface area contributed by atoms with Crippen LogP contribution in [0.5, 0.6) is 5.75 Å². The number of esters is 1. The second-order valence-electron chi connectivity index (χ2n) is 8.40. The van der Waals surface area contributed by atoms with Gasteiger partial charge in [-0.25, -0.2) is 0 Å². The van der Waals surface area contributed by atoms with Gasteiger partial charge >= 0.3 is 5.97 Å². The van der Waals surface area contributed by atoms with Crippen molar-refractivity contribution in [3.05, 3.63) is 138 Å². The molecule has 0 saturated heterocycles. The molecule has 170 valence electrons. The van der Waals surface area contributed by atoms with E-state index in [4.69, 9.17) is 4.74 Å². The summed E-state index contributed by atoms with van der Waals surface area (Å²) in [5.41, 5.74) is 6.76. The molecular formula is C31H29NO2. The van der Waals surface area contributed by atoms with Crippen molar-refractivity contribution in [3.8, 4) is 5.75 Å². The van der Waals surface area contributed by atoms with Gasteiger partial charge in [0.25, 0.3) is 0 Å². The van der Waals surface area contributed by atoms with Gasteiger partial charge in [0.2, 0.25) is 0 Å². The third-order valence-electron chi connectivity index (χ3n) is 5.58. The van der Waals surface area contributed by atoms with Gasteiger partial charge in [-0.15, -0.1) is 0 Å². The van der Waals surface area contributed by atoms with Crippen molar-refractivity contribution in [2.24, 2.45) is 0 Å². The van der Waals surface area contributed by atoms with Gasteiger partial charge in [-0.3, -0.25) is 4.79 Å². The highest BCUT2D eigenvalue weighted by molar-refractivity contribution is 6.04. The Bertz CT molecular complexity index is 1190. The van der Waals surface area contributed by atoms with Crippen molar-refractivity contribution in [1.29, 1.82) is 0 Å². The van der Waals surface area contributed by atoms with Crippen LogP contribution in [-0.2, 0) is 4.79 Å². The van der Waals surface area contributed by atoms with Crippen LogP contribution in [0.15, 0.2) is 115 Å². The number of ether oxygens (including phenoxy) is 1. The molecular weight excluding hydrogens is 418 g/mol. The van der Waals surface area contributed by atoms with Crippen LogP contribution in [0, 0.1) is 0 Å². The number of benzene rings is 4.